The van der Waals surface area contributed by atoms with Crippen molar-refractivity contribution in [2.24, 2.45) is 11.5 Å². The number of alkyl halides is 1. The van der Waals surface area contributed by atoms with Crippen LogP contribution in [0.15, 0.2) is 70.5 Å². The highest BCUT2D eigenvalue weighted by molar-refractivity contribution is 9.09. The molecule has 0 amide bonds. The third-order valence-electron chi connectivity index (χ3n) is 12.6. The first-order valence-electron chi connectivity index (χ1n) is 22.6. The number of hydrogen-bond acceptors (Lipinski definition) is 14. The molecule has 16 nitrogen and oxygen atoms in total. The van der Waals surface area contributed by atoms with E-state index in [4.69, 9.17) is 16.5 Å². The third kappa shape index (κ3) is 11.0. The smallest absolute Gasteiger partial charge is 0.270 e. The molecular formula is C48H56Br2N14O2. The van der Waals surface area contributed by atoms with Crippen molar-refractivity contribution in [3.63, 3.8) is 0 Å². The molecular weight excluding hydrogens is 964 g/mol. The quantitative estimate of drug-likeness (QED) is 0.0925. The molecule has 4 aromatic heterocycles. The molecule has 0 bridgehead atoms. The van der Waals surface area contributed by atoms with Gasteiger partial charge in [-0.05, 0) is 104 Å². The zero-order valence-corrected chi connectivity index (χ0v) is 40.2. The van der Waals surface area contributed by atoms with Gasteiger partial charge in [0, 0.05) is 91.2 Å². The Balaban J connectivity index is 0.000000180. The second kappa shape index (κ2) is 22.7. The first-order valence-corrected chi connectivity index (χ1v) is 23.7. The van der Waals surface area contributed by atoms with E-state index in [0.29, 0.717) is 35.1 Å². The zero-order valence-electron chi connectivity index (χ0n) is 36.9. The fraction of sp³-hybridized carbons (Fsp3) is 0.417. The van der Waals surface area contributed by atoms with E-state index in [-0.39, 0.29) is 51.3 Å². The van der Waals surface area contributed by atoms with Gasteiger partial charge in [0.05, 0.1) is 0 Å². The molecule has 2 saturated carbocycles. The maximum absolute atomic E-state index is 13.0. The summed E-state index contributed by atoms with van der Waals surface area (Å²) < 4.78 is 3.43. The molecule has 0 unspecified atom stereocenters. The minimum Gasteiger partial charge on any atom is -0.330 e. The van der Waals surface area contributed by atoms with Gasteiger partial charge in [0.1, 0.15) is 34.6 Å². The molecule has 66 heavy (non-hydrogen) atoms. The predicted molar refractivity (Wildman–Crippen MR) is 268 cm³/mol. The Bertz CT molecular complexity index is 2880. The first-order chi connectivity index (χ1) is 31.8. The van der Waals surface area contributed by atoms with E-state index in [1.54, 1.807) is 33.7 Å². The fourth-order valence-electron chi connectivity index (χ4n) is 9.40. The summed E-state index contributed by atoms with van der Waals surface area (Å²) in [5.74, 6) is 0.913. The second-order valence-electron chi connectivity index (χ2n) is 16.9. The summed E-state index contributed by atoms with van der Waals surface area (Å²) in [6, 6.07) is 20.1. The summed E-state index contributed by atoms with van der Waals surface area (Å²) in [5.41, 5.74) is 18.8. The molecule has 2 fully saturated rings. The van der Waals surface area contributed by atoms with E-state index in [2.05, 4.69) is 76.0 Å². The van der Waals surface area contributed by atoms with Crippen molar-refractivity contribution in [1.82, 2.24) is 39.3 Å². The summed E-state index contributed by atoms with van der Waals surface area (Å²) in [5, 5.41) is 31.1. The van der Waals surface area contributed by atoms with Gasteiger partial charge >= 0.3 is 0 Å². The maximum atomic E-state index is 13.0. The van der Waals surface area contributed by atoms with E-state index < -0.39 is 0 Å². The molecule has 2 aliphatic heterocycles. The minimum atomic E-state index is -0.257. The van der Waals surface area contributed by atoms with Crippen LogP contribution in [0.4, 0.5) is 23.3 Å². The number of nitrogens with one attached hydrogen (secondary N) is 3. The van der Waals surface area contributed by atoms with Crippen LogP contribution < -0.4 is 38.5 Å². The highest BCUT2D eigenvalue weighted by Gasteiger charge is 2.25. The Kier molecular flexibility index (Phi) is 16.6. The molecule has 0 spiro atoms. The first kappa shape index (κ1) is 48.3. The number of halogens is 2. The van der Waals surface area contributed by atoms with Crippen LogP contribution in [0.25, 0.3) is 22.1 Å². The molecule has 0 radical (unpaired) electrons. The summed E-state index contributed by atoms with van der Waals surface area (Å²) in [7, 11) is 0. The van der Waals surface area contributed by atoms with Crippen molar-refractivity contribution in [3.05, 3.63) is 115 Å². The van der Waals surface area contributed by atoms with Gasteiger partial charge in [-0.25, -0.2) is 9.97 Å². The highest BCUT2D eigenvalue weighted by atomic mass is 79.9. The number of aromatic nitrogens is 6. The van der Waals surface area contributed by atoms with Crippen LogP contribution in [-0.4, -0.2) is 72.0 Å². The molecule has 18 heteroatoms. The van der Waals surface area contributed by atoms with Crippen molar-refractivity contribution in [3.8, 4) is 12.1 Å². The zero-order chi connectivity index (χ0) is 45.3. The van der Waals surface area contributed by atoms with E-state index >= 15 is 0 Å². The van der Waals surface area contributed by atoms with E-state index in [9.17, 15) is 20.1 Å². The lowest BCUT2D eigenvalue weighted by Crippen LogP contribution is -2.34. The Morgan fingerprint density at radius 1 is 0.712 bits per heavy atom. The van der Waals surface area contributed by atoms with Crippen LogP contribution in [0.3, 0.4) is 0 Å². The molecule has 7 N–H and O–H groups in total. The van der Waals surface area contributed by atoms with Crippen molar-refractivity contribution >= 4 is 78.2 Å². The van der Waals surface area contributed by atoms with Crippen LogP contribution in [-0.2, 0) is 25.9 Å². The van der Waals surface area contributed by atoms with Crippen molar-refractivity contribution in [2.45, 2.75) is 89.4 Å². The van der Waals surface area contributed by atoms with Crippen molar-refractivity contribution in [2.75, 3.05) is 48.7 Å². The lowest BCUT2D eigenvalue weighted by molar-refractivity contribution is 0.261. The third-order valence-corrected chi connectivity index (χ3v) is 13.1. The van der Waals surface area contributed by atoms with Crippen LogP contribution in [0, 0.1) is 22.7 Å². The largest absolute Gasteiger partial charge is 0.330 e. The number of nitriles is 2. The van der Waals surface area contributed by atoms with Gasteiger partial charge in [0.2, 0.25) is 11.9 Å². The molecule has 6 heterocycles. The Hall–Kier alpha value is -5.60. The molecule has 4 aliphatic rings. The van der Waals surface area contributed by atoms with Gasteiger partial charge in [-0.3, -0.25) is 23.6 Å². The topological polar surface area (TPSA) is 235 Å². The maximum Gasteiger partial charge on any atom is 0.270 e. The summed E-state index contributed by atoms with van der Waals surface area (Å²) in [6.07, 6.45) is 13.5. The average molecular weight is 1020 g/mol. The summed E-state index contributed by atoms with van der Waals surface area (Å²) >= 11 is 3.12. The average Bonchev–Trinajstić information content (AvgIpc) is 4.08. The molecule has 0 atom stereocenters. The van der Waals surface area contributed by atoms with Crippen molar-refractivity contribution in [1.29, 1.82) is 10.5 Å². The molecule has 2 aromatic carbocycles. The lowest BCUT2D eigenvalue weighted by Gasteiger charge is -2.28. The molecule has 10 rings (SSSR count). The Morgan fingerprint density at radius 2 is 1.21 bits per heavy atom. The van der Waals surface area contributed by atoms with Gasteiger partial charge in [-0.15, -0.1) is 17.0 Å². The minimum absolute atomic E-state index is 0. The van der Waals surface area contributed by atoms with Gasteiger partial charge in [0.25, 0.3) is 11.1 Å². The molecule has 344 valence electrons. The SMILES string of the molecule is Br.N#Cc1cc2cnc(Nc3ccc4c(c3)CCN(CCN)C4)nc2n(C2CCCC2)c1=O.N#Cc1cc2cnc(Nc3ccc4c(c3)CCNC4)nc2n(C2CCCC2)c1=O.NCCBr. The van der Waals surface area contributed by atoms with Gasteiger partial charge < -0.3 is 27.4 Å². The van der Waals surface area contributed by atoms with Gasteiger partial charge in [-0.1, -0.05) is 53.7 Å². The summed E-state index contributed by atoms with van der Waals surface area (Å²) in [4.78, 5) is 46.5. The van der Waals surface area contributed by atoms with E-state index in [0.717, 1.165) is 126 Å². The number of nitrogens with zero attached hydrogens (tertiary/aromatic N) is 9. The van der Waals surface area contributed by atoms with Crippen LogP contribution in [0.5, 0.6) is 0 Å². The monoisotopic (exact) mass is 1020 g/mol. The number of fused-ring (bicyclic) bond motifs is 4. The number of pyridine rings is 2. The standard InChI is InChI=1S/C24H27N7O.C22H22N6O.C2H6BrN.BrH/c25-8-10-30-9-7-16-12-20(6-5-17(16)15-30)28-24-27-14-19-11-18(13-26)23(32)31(22(19)29-24)21-3-1-2-4-21;23-11-16-9-17-13-25-22(26-18-6-5-15-12-24-8-7-14(15)10-18)27-20(17)28(21(16)29)19-3-1-2-4-19;3-1-2-4;/h5-6,11-12,14,21H,1-4,7-10,15,25H2,(H,27,28,29);5-6,9-10,13,19,24H,1-4,7-8,12H2,(H,25,26,27);1-2,4H2;1H. The number of anilines is 4. The number of nitrogens with two attached hydrogens (primary N) is 2. The normalized spacial score (nSPS) is 15.8. The molecule has 0 saturated heterocycles. The molecule has 2 aliphatic carbocycles. The predicted octanol–water partition coefficient (Wildman–Crippen LogP) is 6.92. The van der Waals surface area contributed by atoms with Gasteiger partial charge in [0.15, 0.2) is 0 Å². The number of rotatable bonds is 9. The lowest BCUT2D eigenvalue weighted by atomic mass is 9.99. The second-order valence-corrected chi connectivity index (χ2v) is 17.7. The van der Waals surface area contributed by atoms with Crippen LogP contribution in [0.1, 0.15) is 96.8 Å². The van der Waals surface area contributed by atoms with Gasteiger partial charge in [-0.2, -0.15) is 20.5 Å². The van der Waals surface area contributed by atoms with Crippen LogP contribution in [0.2, 0.25) is 0 Å². The van der Waals surface area contributed by atoms with E-state index in [1.165, 1.54) is 22.3 Å². The van der Waals surface area contributed by atoms with E-state index in [1.807, 2.05) is 24.3 Å². The van der Waals surface area contributed by atoms with Crippen molar-refractivity contribution < 1.29 is 0 Å². The summed E-state index contributed by atoms with van der Waals surface area (Å²) in [6.45, 7) is 6.15. The molecule has 6 aromatic rings. The highest BCUT2D eigenvalue weighted by Crippen LogP contribution is 2.33. The Labute approximate surface area is 402 Å². The number of benzene rings is 2. The van der Waals surface area contributed by atoms with Crippen LogP contribution >= 0.6 is 32.9 Å². The Morgan fingerprint density at radius 3 is 1.70 bits per heavy atom. The number of hydrogen-bond donors (Lipinski definition) is 5. The fourth-order valence-corrected chi connectivity index (χ4v) is 9.40.